The smallest absolute Gasteiger partial charge is 0.253 e. The fourth-order valence-electron chi connectivity index (χ4n) is 3.25. The first kappa shape index (κ1) is 17.0. The van der Waals surface area contributed by atoms with Crippen LogP contribution in [0.1, 0.15) is 41.6 Å². The van der Waals surface area contributed by atoms with E-state index in [9.17, 15) is 9.90 Å². The van der Waals surface area contributed by atoms with Crippen LogP contribution in [0.2, 0.25) is 0 Å². The van der Waals surface area contributed by atoms with E-state index >= 15 is 0 Å². The molecule has 0 heterocycles. The molecule has 0 bridgehead atoms. The number of benzene rings is 1. The van der Waals surface area contributed by atoms with Gasteiger partial charge >= 0.3 is 0 Å². The molecule has 1 aromatic carbocycles. The van der Waals surface area contributed by atoms with Gasteiger partial charge in [0.25, 0.3) is 5.91 Å². The van der Waals surface area contributed by atoms with Gasteiger partial charge in [0.2, 0.25) is 0 Å². The van der Waals surface area contributed by atoms with Crippen molar-refractivity contribution in [3.05, 3.63) is 35.4 Å². The minimum Gasteiger partial charge on any atom is -0.396 e. The molecule has 4 nitrogen and oxygen atoms in total. The molecule has 1 N–H and O–H groups in total. The molecule has 0 saturated heterocycles. The first-order valence-corrected chi connectivity index (χ1v) is 8.13. The van der Waals surface area contributed by atoms with Gasteiger partial charge in [0, 0.05) is 31.8 Å². The number of hydrogen-bond donors (Lipinski definition) is 1. The lowest BCUT2D eigenvalue weighted by Gasteiger charge is -2.34. The van der Waals surface area contributed by atoms with Crippen LogP contribution in [0.15, 0.2) is 24.3 Å². The van der Waals surface area contributed by atoms with E-state index in [-0.39, 0.29) is 12.5 Å². The SMILES string of the molecule is CN(C)Cc1cccc(C(=O)N(C)C2CCC(CO)CC2)c1. The van der Waals surface area contributed by atoms with Gasteiger partial charge in [0.05, 0.1) is 0 Å². The average Bonchev–Trinajstić information content (AvgIpc) is 2.53. The highest BCUT2D eigenvalue weighted by molar-refractivity contribution is 5.94. The Kier molecular flexibility index (Phi) is 5.98. The zero-order valence-electron chi connectivity index (χ0n) is 14.0. The molecule has 4 heteroatoms. The molecule has 2 rings (SSSR count). The number of aliphatic hydroxyl groups excluding tert-OH is 1. The summed E-state index contributed by atoms with van der Waals surface area (Å²) in [4.78, 5) is 16.7. The van der Waals surface area contributed by atoms with Crippen LogP contribution in [0.4, 0.5) is 0 Å². The van der Waals surface area contributed by atoms with Gasteiger partial charge in [-0.25, -0.2) is 0 Å². The first-order chi connectivity index (χ1) is 10.5. The summed E-state index contributed by atoms with van der Waals surface area (Å²) in [5, 5.41) is 9.22. The Labute approximate surface area is 133 Å². The molecule has 1 saturated carbocycles. The lowest BCUT2D eigenvalue weighted by molar-refractivity contribution is 0.0652. The molecule has 1 aliphatic rings. The Morgan fingerprint density at radius 2 is 1.86 bits per heavy atom. The van der Waals surface area contributed by atoms with E-state index in [1.54, 1.807) is 0 Å². The summed E-state index contributed by atoms with van der Waals surface area (Å²) in [7, 11) is 5.96. The molecule has 1 amide bonds. The Morgan fingerprint density at radius 1 is 1.18 bits per heavy atom. The van der Waals surface area contributed by atoms with Gasteiger partial charge in [-0.3, -0.25) is 4.79 Å². The van der Waals surface area contributed by atoms with Crippen LogP contribution in [-0.4, -0.2) is 54.6 Å². The van der Waals surface area contributed by atoms with E-state index in [0.29, 0.717) is 12.0 Å². The third-order valence-electron chi connectivity index (χ3n) is 4.62. The molecule has 0 atom stereocenters. The largest absolute Gasteiger partial charge is 0.396 e. The highest BCUT2D eigenvalue weighted by Gasteiger charge is 2.26. The Hall–Kier alpha value is -1.39. The predicted octanol–water partition coefficient (Wildman–Crippen LogP) is 2.37. The second kappa shape index (κ2) is 7.75. The summed E-state index contributed by atoms with van der Waals surface area (Å²) in [5.41, 5.74) is 1.93. The Morgan fingerprint density at radius 3 is 2.45 bits per heavy atom. The van der Waals surface area contributed by atoms with Crippen LogP contribution in [0.25, 0.3) is 0 Å². The van der Waals surface area contributed by atoms with Gasteiger partial charge in [0.15, 0.2) is 0 Å². The maximum absolute atomic E-state index is 12.7. The summed E-state index contributed by atoms with van der Waals surface area (Å²) < 4.78 is 0. The van der Waals surface area contributed by atoms with E-state index in [2.05, 4.69) is 11.0 Å². The van der Waals surface area contributed by atoms with Crippen LogP contribution in [0, 0.1) is 5.92 Å². The first-order valence-electron chi connectivity index (χ1n) is 8.13. The third-order valence-corrected chi connectivity index (χ3v) is 4.62. The highest BCUT2D eigenvalue weighted by atomic mass is 16.3. The van der Waals surface area contributed by atoms with Crippen molar-refractivity contribution in [3.8, 4) is 0 Å². The molecule has 0 spiro atoms. The van der Waals surface area contributed by atoms with Crippen molar-refractivity contribution in [1.82, 2.24) is 9.80 Å². The van der Waals surface area contributed by atoms with Crippen molar-refractivity contribution >= 4 is 5.91 Å². The van der Waals surface area contributed by atoms with Gasteiger partial charge in [-0.15, -0.1) is 0 Å². The summed E-state index contributed by atoms with van der Waals surface area (Å²) in [6, 6.07) is 8.22. The van der Waals surface area contributed by atoms with Crippen molar-refractivity contribution in [2.45, 2.75) is 38.3 Å². The lowest BCUT2D eigenvalue weighted by atomic mass is 9.86. The van der Waals surface area contributed by atoms with Crippen LogP contribution < -0.4 is 0 Å². The molecule has 1 aliphatic carbocycles. The van der Waals surface area contributed by atoms with Crippen molar-refractivity contribution in [2.24, 2.45) is 5.92 Å². The molecule has 1 fully saturated rings. The Bertz CT molecular complexity index is 494. The number of hydrogen-bond acceptors (Lipinski definition) is 3. The quantitative estimate of drug-likeness (QED) is 0.908. The van der Waals surface area contributed by atoms with E-state index in [1.807, 2.05) is 44.2 Å². The topological polar surface area (TPSA) is 43.8 Å². The zero-order chi connectivity index (χ0) is 16.1. The average molecular weight is 304 g/mol. The summed E-state index contributed by atoms with van der Waals surface area (Å²) in [5.74, 6) is 0.524. The van der Waals surface area contributed by atoms with Crippen LogP contribution >= 0.6 is 0 Å². The van der Waals surface area contributed by atoms with E-state index < -0.39 is 0 Å². The van der Waals surface area contributed by atoms with Gasteiger partial charge in [-0.05, 0) is 63.4 Å². The number of carbonyl (C=O) groups is 1. The number of amides is 1. The van der Waals surface area contributed by atoms with Gasteiger partial charge in [0.1, 0.15) is 0 Å². The summed E-state index contributed by atoms with van der Waals surface area (Å²) >= 11 is 0. The molecular formula is C18H28N2O2. The van der Waals surface area contributed by atoms with Crippen molar-refractivity contribution < 1.29 is 9.90 Å². The number of rotatable bonds is 5. The highest BCUT2D eigenvalue weighted by Crippen LogP contribution is 2.27. The molecule has 1 aromatic rings. The maximum Gasteiger partial charge on any atom is 0.253 e. The predicted molar refractivity (Wildman–Crippen MR) is 88.8 cm³/mol. The number of nitrogens with zero attached hydrogens (tertiary/aromatic N) is 2. The summed E-state index contributed by atoms with van der Waals surface area (Å²) in [6.07, 6.45) is 4.01. The van der Waals surface area contributed by atoms with Gasteiger partial charge in [-0.1, -0.05) is 12.1 Å². The molecule has 122 valence electrons. The minimum absolute atomic E-state index is 0.105. The fourth-order valence-corrected chi connectivity index (χ4v) is 3.25. The molecule has 0 aliphatic heterocycles. The minimum atomic E-state index is 0.105. The molecule has 0 aromatic heterocycles. The third kappa shape index (κ3) is 4.31. The molecule has 0 unspecified atom stereocenters. The van der Waals surface area contributed by atoms with Crippen molar-refractivity contribution in [3.63, 3.8) is 0 Å². The normalized spacial score (nSPS) is 21.9. The maximum atomic E-state index is 12.7. The van der Waals surface area contributed by atoms with E-state index in [4.69, 9.17) is 0 Å². The van der Waals surface area contributed by atoms with Gasteiger partial charge in [-0.2, -0.15) is 0 Å². The molecule has 0 radical (unpaired) electrons. The van der Waals surface area contributed by atoms with Crippen LogP contribution in [-0.2, 0) is 6.54 Å². The molecule has 22 heavy (non-hydrogen) atoms. The standard InChI is InChI=1S/C18H28N2O2/c1-19(2)12-15-5-4-6-16(11-15)18(22)20(3)17-9-7-14(13-21)8-10-17/h4-6,11,14,17,21H,7-10,12-13H2,1-3H3. The number of aliphatic hydroxyl groups is 1. The Balaban J connectivity index is 2.01. The van der Waals surface area contributed by atoms with E-state index in [0.717, 1.165) is 43.4 Å². The van der Waals surface area contributed by atoms with Crippen molar-refractivity contribution in [2.75, 3.05) is 27.7 Å². The monoisotopic (exact) mass is 304 g/mol. The number of carbonyl (C=O) groups excluding carboxylic acids is 1. The van der Waals surface area contributed by atoms with E-state index in [1.165, 1.54) is 0 Å². The molecular weight excluding hydrogens is 276 g/mol. The van der Waals surface area contributed by atoms with Crippen LogP contribution in [0.3, 0.4) is 0 Å². The van der Waals surface area contributed by atoms with Crippen molar-refractivity contribution in [1.29, 1.82) is 0 Å². The van der Waals surface area contributed by atoms with Crippen LogP contribution in [0.5, 0.6) is 0 Å². The second-order valence-electron chi connectivity index (χ2n) is 6.71. The lowest BCUT2D eigenvalue weighted by Crippen LogP contribution is -2.39. The fraction of sp³-hybridized carbons (Fsp3) is 0.611. The summed E-state index contributed by atoms with van der Waals surface area (Å²) in [6.45, 7) is 1.11. The van der Waals surface area contributed by atoms with Gasteiger partial charge < -0.3 is 14.9 Å². The second-order valence-corrected chi connectivity index (χ2v) is 6.71. The zero-order valence-corrected chi connectivity index (χ0v) is 14.0.